The van der Waals surface area contributed by atoms with Crippen LogP contribution in [0.3, 0.4) is 0 Å². The van der Waals surface area contributed by atoms with Gasteiger partial charge in [-0.1, -0.05) is 41.9 Å². The van der Waals surface area contributed by atoms with Crippen LogP contribution in [0.5, 0.6) is 0 Å². The molecular weight excluding hydrogens is 275 g/mol. The Morgan fingerprint density at radius 3 is 2.55 bits per heavy atom. The summed E-state index contributed by atoms with van der Waals surface area (Å²) in [5.41, 5.74) is 3.93. The molecule has 0 fully saturated rings. The van der Waals surface area contributed by atoms with E-state index in [4.69, 9.17) is 11.6 Å². The number of halogens is 2. The Morgan fingerprint density at radius 2 is 1.85 bits per heavy atom. The van der Waals surface area contributed by atoms with Gasteiger partial charge < -0.3 is 5.11 Å². The van der Waals surface area contributed by atoms with Crippen LogP contribution in [-0.2, 0) is 12.8 Å². The Hall–Kier alpha value is -1.38. The second-order valence-electron chi connectivity index (χ2n) is 5.19. The average molecular weight is 293 g/mol. The van der Waals surface area contributed by atoms with Crippen LogP contribution in [0, 0.1) is 19.7 Å². The highest BCUT2D eigenvalue weighted by atomic mass is 35.5. The van der Waals surface area contributed by atoms with Crippen molar-refractivity contribution in [2.75, 3.05) is 0 Å². The monoisotopic (exact) mass is 292 g/mol. The maximum atomic E-state index is 13.8. The van der Waals surface area contributed by atoms with Gasteiger partial charge in [0.15, 0.2) is 0 Å². The van der Waals surface area contributed by atoms with Crippen LogP contribution >= 0.6 is 11.6 Å². The molecule has 0 aromatic heterocycles. The van der Waals surface area contributed by atoms with Crippen molar-refractivity contribution >= 4 is 11.6 Å². The lowest BCUT2D eigenvalue weighted by Gasteiger charge is -2.13. The molecule has 1 atom stereocenters. The fraction of sp³-hybridized carbons (Fsp3) is 0.294. The summed E-state index contributed by atoms with van der Waals surface area (Å²) in [6.07, 6.45) is 0.150. The molecule has 2 aromatic carbocycles. The maximum Gasteiger partial charge on any atom is 0.145 e. The van der Waals surface area contributed by atoms with Gasteiger partial charge in [0.2, 0.25) is 0 Å². The summed E-state index contributed by atoms with van der Waals surface area (Å²) in [6, 6.07) is 11.0. The maximum absolute atomic E-state index is 13.8. The van der Waals surface area contributed by atoms with Gasteiger partial charge in [-0.15, -0.1) is 0 Å². The predicted molar refractivity (Wildman–Crippen MR) is 80.7 cm³/mol. The largest absolute Gasteiger partial charge is 0.392 e. The molecule has 1 nitrogen and oxygen atoms in total. The van der Waals surface area contributed by atoms with Crippen molar-refractivity contribution in [2.45, 2.75) is 32.8 Å². The molecule has 106 valence electrons. The van der Waals surface area contributed by atoms with Gasteiger partial charge >= 0.3 is 0 Å². The Labute approximate surface area is 124 Å². The Balaban J connectivity index is 2.07. The minimum atomic E-state index is -0.620. The molecular formula is C17H18ClFO. The fourth-order valence-electron chi connectivity index (χ4n) is 2.23. The third-order valence-corrected chi connectivity index (χ3v) is 3.82. The van der Waals surface area contributed by atoms with E-state index in [1.807, 2.05) is 19.1 Å². The lowest BCUT2D eigenvalue weighted by molar-refractivity contribution is 0.174. The number of benzene rings is 2. The second kappa shape index (κ2) is 6.38. The van der Waals surface area contributed by atoms with Crippen LogP contribution in [0.25, 0.3) is 0 Å². The van der Waals surface area contributed by atoms with Crippen molar-refractivity contribution in [1.82, 2.24) is 0 Å². The van der Waals surface area contributed by atoms with Gasteiger partial charge in [0.05, 0.1) is 11.1 Å². The SMILES string of the molecule is Cc1ccc(CC(O)Cc2cccc(Cl)c2F)cc1C. The lowest BCUT2D eigenvalue weighted by atomic mass is 9.98. The van der Waals surface area contributed by atoms with E-state index in [0.717, 1.165) is 5.56 Å². The molecule has 0 aliphatic carbocycles. The molecule has 0 spiro atoms. The summed E-state index contributed by atoms with van der Waals surface area (Å²) in [6.45, 7) is 4.10. The number of aliphatic hydroxyl groups is 1. The third kappa shape index (κ3) is 3.59. The summed E-state index contributed by atoms with van der Waals surface area (Å²) in [7, 11) is 0. The Morgan fingerprint density at radius 1 is 1.10 bits per heavy atom. The minimum absolute atomic E-state index is 0.0980. The van der Waals surface area contributed by atoms with Crippen molar-refractivity contribution in [1.29, 1.82) is 0 Å². The topological polar surface area (TPSA) is 20.2 Å². The van der Waals surface area contributed by atoms with E-state index in [1.165, 1.54) is 17.2 Å². The van der Waals surface area contributed by atoms with Gasteiger partial charge in [-0.05, 0) is 48.6 Å². The van der Waals surface area contributed by atoms with Gasteiger partial charge in [-0.3, -0.25) is 0 Å². The van der Waals surface area contributed by atoms with Crippen LogP contribution in [0.4, 0.5) is 4.39 Å². The van der Waals surface area contributed by atoms with Crippen molar-refractivity contribution in [3.05, 3.63) is 69.5 Å². The van der Waals surface area contributed by atoms with E-state index in [-0.39, 0.29) is 11.4 Å². The minimum Gasteiger partial charge on any atom is -0.392 e. The van der Waals surface area contributed by atoms with Crippen molar-refractivity contribution in [3.63, 3.8) is 0 Å². The van der Waals surface area contributed by atoms with Gasteiger partial charge in [-0.2, -0.15) is 0 Å². The van der Waals surface area contributed by atoms with E-state index in [1.54, 1.807) is 12.1 Å². The second-order valence-corrected chi connectivity index (χ2v) is 5.60. The standard InChI is InChI=1S/C17H18ClFO/c1-11-6-7-13(8-12(11)2)9-15(20)10-14-4-3-5-16(18)17(14)19/h3-8,15,20H,9-10H2,1-2H3. The zero-order valence-corrected chi connectivity index (χ0v) is 12.4. The normalized spacial score (nSPS) is 12.4. The summed E-state index contributed by atoms with van der Waals surface area (Å²) in [4.78, 5) is 0. The fourth-order valence-corrected chi connectivity index (χ4v) is 2.43. The third-order valence-electron chi connectivity index (χ3n) is 3.53. The zero-order chi connectivity index (χ0) is 14.7. The van der Waals surface area contributed by atoms with E-state index in [0.29, 0.717) is 12.0 Å². The van der Waals surface area contributed by atoms with Gasteiger partial charge in [0, 0.05) is 6.42 Å². The van der Waals surface area contributed by atoms with Gasteiger partial charge in [-0.25, -0.2) is 4.39 Å². The summed E-state index contributed by atoms with van der Waals surface area (Å²) < 4.78 is 13.8. The van der Waals surface area contributed by atoms with Crippen molar-refractivity contribution in [3.8, 4) is 0 Å². The van der Waals surface area contributed by atoms with Crippen LogP contribution in [0.15, 0.2) is 36.4 Å². The molecule has 0 aliphatic heterocycles. The first-order valence-corrected chi connectivity index (χ1v) is 7.02. The van der Waals surface area contributed by atoms with Crippen LogP contribution in [0.2, 0.25) is 5.02 Å². The van der Waals surface area contributed by atoms with E-state index >= 15 is 0 Å². The number of aryl methyl sites for hydroxylation is 2. The molecule has 0 radical (unpaired) electrons. The molecule has 0 saturated heterocycles. The van der Waals surface area contributed by atoms with Crippen LogP contribution in [0.1, 0.15) is 22.3 Å². The molecule has 2 rings (SSSR count). The molecule has 1 unspecified atom stereocenters. The first-order valence-electron chi connectivity index (χ1n) is 6.64. The molecule has 0 amide bonds. The average Bonchev–Trinajstić information content (AvgIpc) is 2.39. The summed E-state index contributed by atoms with van der Waals surface area (Å²) in [5, 5.41) is 10.2. The first-order chi connectivity index (χ1) is 9.47. The molecule has 20 heavy (non-hydrogen) atoms. The molecule has 1 N–H and O–H groups in total. The van der Waals surface area contributed by atoms with Crippen molar-refractivity contribution in [2.24, 2.45) is 0 Å². The molecule has 0 aliphatic rings. The molecule has 0 bridgehead atoms. The van der Waals surface area contributed by atoms with E-state index < -0.39 is 11.9 Å². The summed E-state index contributed by atoms with van der Waals surface area (Å²) >= 11 is 5.74. The lowest BCUT2D eigenvalue weighted by Crippen LogP contribution is -2.15. The molecule has 0 saturated carbocycles. The van der Waals surface area contributed by atoms with E-state index in [2.05, 4.69) is 13.0 Å². The highest BCUT2D eigenvalue weighted by Gasteiger charge is 2.12. The smallest absolute Gasteiger partial charge is 0.145 e. The number of hydrogen-bond acceptors (Lipinski definition) is 1. The quantitative estimate of drug-likeness (QED) is 0.893. The molecule has 0 heterocycles. The van der Waals surface area contributed by atoms with E-state index in [9.17, 15) is 9.50 Å². The number of aliphatic hydroxyl groups excluding tert-OH is 1. The molecule has 3 heteroatoms. The highest BCUT2D eigenvalue weighted by molar-refractivity contribution is 6.30. The first kappa shape index (κ1) is 15.0. The number of hydrogen-bond donors (Lipinski definition) is 1. The summed E-state index contributed by atoms with van der Waals surface area (Å²) in [5.74, 6) is -0.437. The van der Waals surface area contributed by atoms with Gasteiger partial charge in [0.1, 0.15) is 5.82 Å². The molecule has 2 aromatic rings. The number of rotatable bonds is 4. The Kier molecular flexibility index (Phi) is 4.79. The van der Waals surface area contributed by atoms with Crippen molar-refractivity contribution < 1.29 is 9.50 Å². The highest BCUT2D eigenvalue weighted by Crippen LogP contribution is 2.20. The van der Waals surface area contributed by atoms with Crippen LogP contribution in [-0.4, -0.2) is 11.2 Å². The predicted octanol–water partition coefficient (Wildman–Crippen LogP) is 4.24. The zero-order valence-electron chi connectivity index (χ0n) is 11.7. The Bertz CT molecular complexity index is 610. The van der Waals surface area contributed by atoms with Gasteiger partial charge in [0.25, 0.3) is 0 Å². The van der Waals surface area contributed by atoms with Crippen LogP contribution < -0.4 is 0 Å².